The number of hydrogen-bond donors (Lipinski definition) is 0. The van der Waals surface area contributed by atoms with Gasteiger partial charge in [0, 0.05) is 30.8 Å². The van der Waals surface area contributed by atoms with Crippen molar-refractivity contribution >= 4 is 0 Å². The van der Waals surface area contributed by atoms with Gasteiger partial charge in [-0.25, -0.2) is 4.39 Å². The second kappa shape index (κ2) is 7.49. The maximum absolute atomic E-state index is 14.4. The number of benzene rings is 1. The molecule has 4 nitrogen and oxygen atoms in total. The van der Waals surface area contributed by atoms with Gasteiger partial charge in [0.2, 0.25) is 0 Å². The molecule has 0 aromatic heterocycles. The molecule has 0 unspecified atom stereocenters. The molecule has 0 amide bonds. The van der Waals surface area contributed by atoms with Crippen LogP contribution in [0, 0.1) is 5.82 Å². The highest BCUT2D eigenvalue weighted by Crippen LogP contribution is 2.31. The molecule has 128 valence electrons. The molecule has 2 aliphatic heterocycles. The molecule has 1 aromatic carbocycles. The lowest BCUT2D eigenvalue weighted by molar-refractivity contribution is 0.183. The Morgan fingerprint density at radius 3 is 2.43 bits per heavy atom. The summed E-state index contributed by atoms with van der Waals surface area (Å²) in [6.45, 7) is 5.25. The van der Waals surface area contributed by atoms with E-state index in [1.165, 1.54) is 51.9 Å². The smallest absolute Gasteiger partial charge is 0.163 e. The van der Waals surface area contributed by atoms with E-state index < -0.39 is 0 Å². The van der Waals surface area contributed by atoms with Crippen LogP contribution in [0.2, 0.25) is 0 Å². The van der Waals surface area contributed by atoms with Gasteiger partial charge in [0.15, 0.2) is 11.5 Å². The van der Waals surface area contributed by atoms with Crippen LogP contribution in [0.25, 0.3) is 0 Å². The van der Waals surface area contributed by atoms with Crippen LogP contribution in [0.4, 0.5) is 4.39 Å². The van der Waals surface area contributed by atoms with Crippen molar-refractivity contribution in [3.8, 4) is 11.5 Å². The SMILES string of the molecule is COc1cc(F)c(CN2CCC[C@@H]2CN2CCCC2)cc1OC. The lowest BCUT2D eigenvalue weighted by Crippen LogP contribution is -2.39. The van der Waals surface area contributed by atoms with Crippen molar-refractivity contribution in [1.29, 1.82) is 0 Å². The van der Waals surface area contributed by atoms with Gasteiger partial charge in [0.05, 0.1) is 14.2 Å². The fraction of sp³-hybridized carbons (Fsp3) is 0.667. The van der Waals surface area contributed by atoms with Crippen molar-refractivity contribution in [2.45, 2.75) is 38.3 Å². The van der Waals surface area contributed by atoms with Gasteiger partial charge in [-0.15, -0.1) is 0 Å². The Hall–Kier alpha value is -1.33. The number of hydrogen-bond acceptors (Lipinski definition) is 4. The van der Waals surface area contributed by atoms with Crippen molar-refractivity contribution in [2.24, 2.45) is 0 Å². The van der Waals surface area contributed by atoms with Gasteiger partial charge in [0.25, 0.3) is 0 Å². The van der Waals surface area contributed by atoms with Gasteiger partial charge in [-0.05, 0) is 51.4 Å². The topological polar surface area (TPSA) is 24.9 Å². The minimum Gasteiger partial charge on any atom is -0.493 e. The third-order valence-electron chi connectivity index (χ3n) is 5.09. The molecule has 0 spiro atoms. The molecule has 2 aliphatic rings. The molecular formula is C18H27FN2O2. The quantitative estimate of drug-likeness (QED) is 0.804. The number of methoxy groups -OCH3 is 2. The molecule has 2 saturated heterocycles. The number of likely N-dealkylation sites (tertiary alicyclic amines) is 2. The lowest BCUT2D eigenvalue weighted by Gasteiger charge is -2.28. The standard InChI is InChI=1S/C18H27FN2O2/c1-22-17-10-14(16(19)11-18(17)23-2)12-21-9-5-6-15(21)13-20-7-3-4-8-20/h10-11,15H,3-9,12-13H2,1-2H3/t15-/m1/s1. The normalized spacial score (nSPS) is 22.7. The highest BCUT2D eigenvalue weighted by atomic mass is 19.1. The summed E-state index contributed by atoms with van der Waals surface area (Å²) < 4.78 is 24.8. The van der Waals surface area contributed by atoms with Gasteiger partial charge >= 0.3 is 0 Å². The molecule has 23 heavy (non-hydrogen) atoms. The highest BCUT2D eigenvalue weighted by molar-refractivity contribution is 5.43. The summed E-state index contributed by atoms with van der Waals surface area (Å²) in [4.78, 5) is 4.97. The number of nitrogens with zero attached hydrogens (tertiary/aromatic N) is 2. The van der Waals surface area contributed by atoms with Crippen LogP contribution in [0.1, 0.15) is 31.2 Å². The summed E-state index contributed by atoms with van der Waals surface area (Å²) in [5, 5.41) is 0. The van der Waals surface area contributed by atoms with Crippen molar-refractivity contribution in [3.63, 3.8) is 0 Å². The first-order valence-electron chi connectivity index (χ1n) is 8.58. The Bertz CT molecular complexity index is 532. The zero-order chi connectivity index (χ0) is 16.2. The van der Waals surface area contributed by atoms with E-state index >= 15 is 0 Å². The van der Waals surface area contributed by atoms with Crippen LogP contribution in [0.5, 0.6) is 11.5 Å². The largest absolute Gasteiger partial charge is 0.493 e. The van der Waals surface area contributed by atoms with Gasteiger partial charge < -0.3 is 14.4 Å². The summed E-state index contributed by atoms with van der Waals surface area (Å²) >= 11 is 0. The summed E-state index contributed by atoms with van der Waals surface area (Å²) in [6.07, 6.45) is 5.05. The average molecular weight is 322 g/mol. The predicted octanol–water partition coefficient (Wildman–Crippen LogP) is 2.90. The molecule has 0 aliphatic carbocycles. The zero-order valence-corrected chi connectivity index (χ0v) is 14.2. The van der Waals surface area contributed by atoms with Crippen molar-refractivity contribution < 1.29 is 13.9 Å². The molecular weight excluding hydrogens is 295 g/mol. The van der Waals surface area contributed by atoms with Crippen molar-refractivity contribution in [1.82, 2.24) is 9.80 Å². The van der Waals surface area contributed by atoms with Gasteiger partial charge in [-0.3, -0.25) is 4.90 Å². The highest BCUT2D eigenvalue weighted by Gasteiger charge is 2.28. The van der Waals surface area contributed by atoms with Crippen LogP contribution in [0.3, 0.4) is 0 Å². The maximum Gasteiger partial charge on any atom is 0.163 e. The van der Waals surface area contributed by atoms with Crippen LogP contribution < -0.4 is 9.47 Å². The van der Waals surface area contributed by atoms with E-state index in [4.69, 9.17) is 9.47 Å². The summed E-state index contributed by atoms with van der Waals surface area (Å²) in [5.74, 6) is 0.831. The van der Waals surface area contributed by atoms with Gasteiger partial charge in [0.1, 0.15) is 5.82 Å². The fourth-order valence-corrected chi connectivity index (χ4v) is 3.81. The summed E-state index contributed by atoms with van der Waals surface area (Å²) in [7, 11) is 3.12. The third kappa shape index (κ3) is 3.78. The molecule has 0 bridgehead atoms. The molecule has 2 heterocycles. The van der Waals surface area contributed by atoms with E-state index in [-0.39, 0.29) is 5.82 Å². The van der Waals surface area contributed by atoms with Crippen LogP contribution in [-0.4, -0.2) is 56.2 Å². The fourth-order valence-electron chi connectivity index (χ4n) is 3.81. The van der Waals surface area contributed by atoms with E-state index in [0.29, 0.717) is 29.6 Å². The Labute approximate surface area is 138 Å². The molecule has 0 N–H and O–H groups in total. The lowest BCUT2D eigenvalue weighted by atomic mass is 10.1. The molecule has 0 saturated carbocycles. The minimum absolute atomic E-state index is 0.213. The average Bonchev–Trinajstić information content (AvgIpc) is 3.22. The summed E-state index contributed by atoms with van der Waals surface area (Å²) in [5.41, 5.74) is 0.691. The van der Waals surface area contributed by atoms with Crippen LogP contribution in [0.15, 0.2) is 12.1 Å². The Morgan fingerprint density at radius 2 is 1.74 bits per heavy atom. The molecule has 5 heteroatoms. The van der Waals surface area contributed by atoms with Crippen molar-refractivity contribution in [3.05, 3.63) is 23.5 Å². The zero-order valence-electron chi connectivity index (χ0n) is 14.2. The first-order valence-corrected chi connectivity index (χ1v) is 8.58. The van der Waals surface area contributed by atoms with Crippen LogP contribution >= 0.6 is 0 Å². The molecule has 3 rings (SSSR count). The second-order valence-corrected chi connectivity index (χ2v) is 6.57. The predicted molar refractivity (Wildman–Crippen MR) is 88.6 cm³/mol. The monoisotopic (exact) mass is 322 g/mol. The summed E-state index contributed by atoms with van der Waals surface area (Å²) in [6, 6.07) is 3.75. The Morgan fingerprint density at radius 1 is 1.04 bits per heavy atom. The van der Waals surface area contributed by atoms with Gasteiger partial charge in [-0.1, -0.05) is 0 Å². The number of rotatable bonds is 6. The Balaban J connectivity index is 1.69. The van der Waals surface area contributed by atoms with E-state index in [1.807, 2.05) is 0 Å². The molecule has 2 fully saturated rings. The molecule has 0 radical (unpaired) electrons. The number of ether oxygens (including phenoxy) is 2. The van der Waals surface area contributed by atoms with E-state index in [0.717, 1.165) is 13.1 Å². The maximum atomic E-state index is 14.4. The second-order valence-electron chi connectivity index (χ2n) is 6.57. The van der Waals surface area contributed by atoms with E-state index in [1.54, 1.807) is 13.2 Å². The van der Waals surface area contributed by atoms with E-state index in [9.17, 15) is 4.39 Å². The Kier molecular flexibility index (Phi) is 5.38. The van der Waals surface area contributed by atoms with Gasteiger partial charge in [-0.2, -0.15) is 0 Å². The first kappa shape index (κ1) is 16.5. The van der Waals surface area contributed by atoms with Crippen molar-refractivity contribution in [2.75, 3.05) is 40.4 Å². The molecule has 1 atom stereocenters. The molecule has 1 aromatic rings. The third-order valence-corrected chi connectivity index (χ3v) is 5.09. The first-order chi connectivity index (χ1) is 11.2. The van der Waals surface area contributed by atoms with Crippen LogP contribution in [-0.2, 0) is 6.54 Å². The van der Waals surface area contributed by atoms with E-state index in [2.05, 4.69) is 9.80 Å². The number of halogens is 1. The minimum atomic E-state index is -0.213.